The molecule has 0 bridgehead atoms. The summed E-state index contributed by atoms with van der Waals surface area (Å²) in [6, 6.07) is 3.30. The van der Waals surface area contributed by atoms with E-state index in [1.807, 2.05) is 0 Å². The van der Waals surface area contributed by atoms with Crippen molar-refractivity contribution in [3.63, 3.8) is 0 Å². The van der Waals surface area contributed by atoms with Gasteiger partial charge in [0.25, 0.3) is 0 Å². The van der Waals surface area contributed by atoms with E-state index in [9.17, 15) is 13.2 Å². The van der Waals surface area contributed by atoms with E-state index in [1.165, 1.54) is 18.5 Å². The first-order valence-corrected chi connectivity index (χ1v) is 8.90. The first kappa shape index (κ1) is 16.2. The van der Waals surface area contributed by atoms with Gasteiger partial charge in [-0.3, -0.25) is 4.79 Å². The standard InChI is InChI=1S/C15H12Cl2N2O3S/c1-15(5-4-12(16)13(17)7-15)23(21,22)19-8-10(9-20)11-3-2-6-18-14(11)19/h2-4,6-9H,5H2,1H3. The number of nitrogens with zero attached hydrogens (tertiary/aromatic N) is 2. The molecule has 3 rings (SSSR count). The van der Waals surface area contributed by atoms with Crippen molar-refractivity contribution in [2.24, 2.45) is 0 Å². The van der Waals surface area contributed by atoms with Crippen LogP contribution in [0.25, 0.3) is 11.0 Å². The Morgan fingerprint density at radius 1 is 1.35 bits per heavy atom. The minimum Gasteiger partial charge on any atom is -0.298 e. The molecule has 1 aliphatic rings. The number of halogens is 2. The molecule has 5 nitrogen and oxygen atoms in total. The quantitative estimate of drug-likeness (QED) is 0.776. The maximum atomic E-state index is 13.1. The van der Waals surface area contributed by atoms with Crippen LogP contribution in [0.2, 0.25) is 0 Å². The van der Waals surface area contributed by atoms with Gasteiger partial charge in [0.1, 0.15) is 4.75 Å². The fraction of sp³-hybridized carbons (Fsp3) is 0.200. The molecule has 1 unspecified atom stereocenters. The number of carbonyl (C=O) groups is 1. The second-order valence-corrected chi connectivity index (χ2v) is 8.53. The van der Waals surface area contributed by atoms with Crippen molar-refractivity contribution >= 4 is 50.5 Å². The molecule has 0 aromatic carbocycles. The smallest absolute Gasteiger partial charge is 0.249 e. The normalized spacial score (nSPS) is 21.9. The number of pyridine rings is 1. The van der Waals surface area contributed by atoms with Gasteiger partial charge in [-0.2, -0.15) is 0 Å². The first-order chi connectivity index (χ1) is 10.8. The van der Waals surface area contributed by atoms with Crippen molar-refractivity contribution in [1.29, 1.82) is 0 Å². The van der Waals surface area contributed by atoms with Crippen molar-refractivity contribution in [3.8, 4) is 0 Å². The molecular formula is C15H12Cl2N2O3S. The summed E-state index contributed by atoms with van der Waals surface area (Å²) < 4.78 is 26.0. The van der Waals surface area contributed by atoms with Gasteiger partial charge < -0.3 is 0 Å². The number of hydrogen-bond acceptors (Lipinski definition) is 4. The van der Waals surface area contributed by atoms with Gasteiger partial charge in [0.05, 0.1) is 10.1 Å². The maximum Gasteiger partial charge on any atom is 0.249 e. The zero-order chi connectivity index (χ0) is 16.8. The van der Waals surface area contributed by atoms with E-state index in [2.05, 4.69) is 4.98 Å². The molecule has 0 N–H and O–H groups in total. The number of aromatic nitrogens is 2. The highest BCUT2D eigenvalue weighted by Gasteiger charge is 2.41. The maximum absolute atomic E-state index is 13.1. The zero-order valence-electron chi connectivity index (χ0n) is 12.0. The Morgan fingerprint density at radius 2 is 2.09 bits per heavy atom. The lowest BCUT2D eigenvalue weighted by Crippen LogP contribution is -2.38. The van der Waals surface area contributed by atoms with Crippen LogP contribution >= 0.6 is 23.2 Å². The minimum absolute atomic E-state index is 0.174. The predicted octanol–water partition coefficient (Wildman–Crippen LogP) is 3.43. The number of allylic oxidation sites excluding steroid dienone is 3. The Kier molecular flexibility index (Phi) is 3.86. The van der Waals surface area contributed by atoms with Crippen molar-refractivity contribution in [1.82, 2.24) is 8.96 Å². The van der Waals surface area contributed by atoms with Gasteiger partial charge in [-0.05, 0) is 31.6 Å². The molecule has 2 aromatic heterocycles. The Morgan fingerprint density at radius 3 is 2.74 bits per heavy atom. The van der Waals surface area contributed by atoms with Gasteiger partial charge in [0.15, 0.2) is 11.9 Å². The first-order valence-electron chi connectivity index (χ1n) is 6.71. The van der Waals surface area contributed by atoms with Gasteiger partial charge in [-0.15, -0.1) is 0 Å². The lowest BCUT2D eigenvalue weighted by atomic mass is 10.0. The molecule has 0 aliphatic heterocycles. The highest BCUT2D eigenvalue weighted by atomic mass is 35.5. The Bertz CT molecular complexity index is 976. The Hall–Kier alpha value is -1.63. The number of aldehydes is 1. The SMILES string of the molecule is CC1(S(=O)(=O)n2cc(C=O)c3cccnc32)C=C(Cl)C(Cl)=CC1. The predicted molar refractivity (Wildman–Crippen MR) is 90.3 cm³/mol. The molecule has 0 amide bonds. The van der Waals surface area contributed by atoms with Crippen LogP contribution < -0.4 is 0 Å². The summed E-state index contributed by atoms with van der Waals surface area (Å²) in [4.78, 5) is 15.3. The van der Waals surface area contributed by atoms with Crippen LogP contribution in [-0.2, 0) is 10.0 Å². The summed E-state index contributed by atoms with van der Waals surface area (Å²) >= 11 is 11.9. The van der Waals surface area contributed by atoms with Crippen molar-refractivity contribution in [3.05, 3.63) is 52.3 Å². The third kappa shape index (κ3) is 2.41. The molecule has 0 saturated heterocycles. The monoisotopic (exact) mass is 370 g/mol. The fourth-order valence-corrected chi connectivity index (χ4v) is 4.67. The molecule has 0 saturated carbocycles. The summed E-state index contributed by atoms with van der Waals surface area (Å²) in [5.41, 5.74) is 0.473. The van der Waals surface area contributed by atoms with Crippen LogP contribution in [-0.4, -0.2) is 28.4 Å². The van der Waals surface area contributed by atoms with E-state index in [-0.39, 0.29) is 22.7 Å². The molecule has 0 spiro atoms. The van der Waals surface area contributed by atoms with Crippen molar-refractivity contribution < 1.29 is 13.2 Å². The zero-order valence-corrected chi connectivity index (χ0v) is 14.4. The van der Waals surface area contributed by atoms with Gasteiger partial charge in [-0.1, -0.05) is 29.3 Å². The van der Waals surface area contributed by atoms with Crippen LogP contribution in [0.15, 0.2) is 46.7 Å². The van der Waals surface area contributed by atoms with Crippen LogP contribution in [0.4, 0.5) is 0 Å². The molecule has 1 aliphatic carbocycles. The van der Waals surface area contributed by atoms with Crippen molar-refractivity contribution in [2.75, 3.05) is 0 Å². The van der Waals surface area contributed by atoms with E-state index >= 15 is 0 Å². The van der Waals surface area contributed by atoms with E-state index in [0.29, 0.717) is 16.7 Å². The van der Waals surface area contributed by atoms with Gasteiger partial charge >= 0.3 is 0 Å². The molecule has 120 valence electrons. The minimum atomic E-state index is -3.90. The summed E-state index contributed by atoms with van der Waals surface area (Å²) in [6.07, 6.45) is 6.54. The number of fused-ring (bicyclic) bond motifs is 1. The van der Waals surface area contributed by atoms with Crippen molar-refractivity contribution in [2.45, 2.75) is 18.1 Å². The topological polar surface area (TPSA) is 69.0 Å². The average molecular weight is 371 g/mol. The van der Waals surface area contributed by atoms with E-state index in [1.54, 1.807) is 25.1 Å². The lowest BCUT2D eigenvalue weighted by Gasteiger charge is -2.28. The molecule has 2 heterocycles. The number of rotatable bonds is 3. The van der Waals surface area contributed by atoms with Crippen LogP contribution in [0.3, 0.4) is 0 Å². The van der Waals surface area contributed by atoms with E-state index < -0.39 is 14.8 Å². The molecule has 1 atom stereocenters. The molecule has 0 fully saturated rings. The molecular weight excluding hydrogens is 359 g/mol. The summed E-state index contributed by atoms with van der Waals surface area (Å²) in [7, 11) is -3.90. The Labute approximate surface area is 143 Å². The second kappa shape index (κ2) is 5.47. The van der Waals surface area contributed by atoms with Crippen LogP contribution in [0.1, 0.15) is 23.7 Å². The third-order valence-corrected chi connectivity index (χ3v) is 6.91. The van der Waals surface area contributed by atoms with E-state index in [4.69, 9.17) is 23.2 Å². The fourth-order valence-electron chi connectivity index (χ4n) is 2.52. The molecule has 8 heteroatoms. The van der Waals surface area contributed by atoms with Gasteiger partial charge in [-0.25, -0.2) is 17.4 Å². The second-order valence-electron chi connectivity index (χ2n) is 5.44. The summed E-state index contributed by atoms with van der Waals surface area (Å²) in [6.45, 7) is 1.56. The third-order valence-electron chi connectivity index (χ3n) is 3.88. The van der Waals surface area contributed by atoms with Gasteiger partial charge in [0, 0.05) is 23.3 Å². The van der Waals surface area contributed by atoms with Gasteiger partial charge in [0.2, 0.25) is 10.0 Å². The Balaban J connectivity index is 2.24. The lowest BCUT2D eigenvalue weighted by molar-refractivity contribution is 0.112. The molecule has 23 heavy (non-hydrogen) atoms. The number of hydrogen-bond donors (Lipinski definition) is 0. The largest absolute Gasteiger partial charge is 0.298 e. The van der Waals surface area contributed by atoms with E-state index in [0.717, 1.165) is 3.97 Å². The average Bonchev–Trinajstić information content (AvgIpc) is 2.90. The highest BCUT2D eigenvalue weighted by molar-refractivity contribution is 7.91. The molecule has 0 radical (unpaired) electrons. The highest BCUT2D eigenvalue weighted by Crippen LogP contribution is 2.37. The summed E-state index contributed by atoms with van der Waals surface area (Å²) in [5, 5.41) is 0.988. The van der Waals surface area contributed by atoms with Crippen LogP contribution in [0, 0.1) is 0 Å². The van der Waals surface area contributed by atoms with Crippen LogP contribution in [0.5, 0.6) is 0 Å². The molecule has 2 aromatic rings. The number of carbonyl (C=O) groups excluding carboxylic acids is 1. The summed E-state index contributed by atoms with van der Waals surface area (Å²) in [5.74, 6) is 0.